The van der Waals surface area contributed by atoms with E-state index in [9.17, 15) is 14.9 Å². The first kappa shape index (κ1) is 21.5. The highest BCUT2D eigenvalue weighted by Gasteiger charge is 2.24. The molecule has 2 aromatic rings. The summed E-state index contributed by atoms with van der Waals surface area (Å²) in [6, 6.07) is 7.82. The highest BCUT2D eigenvalue weighted by molar-refractivity contribution is 7.18. The van der Waals surface area contributed by atoms with Gasteiger partial charge in [-0.1, -0.05) is 17.7 Å². The minimum atomic E-state index is -0.375. The normalized spacial score (nSPS) is 10.3. The maximum absolute atomic E-state index is 12.7. The number of aryl methyl sites for hydroxylation is 2. The third-order valence-corrected chi connectivity index (χ3v) is 5.64. The zero-order chi connectivity index (χ0) is 20.8. The summed E-state index contributed by atoms with van der Waals surface area (Å²) in [5.41, 5.74) is 2.98. The highest BCUT2D eigenvalue weighted by Crippen LogP contribution is 2.33. The summed E-state index contributed by atoms with van der Waals surface area (Å²) in [6.07, 6.45) is 0. The lowest BCUT2D eigenvalue weighted by atomic mass is 10.1. The summed E-state index contributed by atoms with van der Waals surface area (Å²) in [5, 5.41) is 12.6. The molecule has 0 aliphatic heterocycles. The van der Waals surface area contributed by atoms with Gasteiger partial charge in [0.25, 0.3) is 11.8 Å². The van der Waals surface area contributed by atoms with Gasteiger partial charge < -0.3 is 15.0 Å². The predicted octanol–water partition coefficient (Wildman–Crippen LogP) is 4.04. The van der Waals surface area contributed by atoms with Crippen molar-refractivity contribution in [2.75, 3.05) is 25.0 Å². The molecule has 0 aliphatic rings. The molecular weight excluding hydrogens is 374 g/mol. The predicted molar refractivity (Wildman–Crippen MR) is 111 cm³/mol. The van der Waals surface area contributed by atoms with E-state index in [0.29, 0.717) is 39.8 Å². The second-order valence-corrected chi connectivity index (χ2v) is 7.48. The lowest BCUT2D eigenvalue weighted by molar-refractivity contribution is -0.118. The number of rotatable bonds is 7. The molecule has 1 aromatic heterocycles. The van der Waals surface area contributed by atoms with Crippen molar-refractivity contribution in [3.8, 4) is 11.8 Å². The van der Waals surface area contributed by atoms with Gasteiger partial charge in [-0.05, 0) is 51.8 Å². The molecule has 1 N–H and O–H groups in total. The molecule has 1 aromatic carbocycles. The summed E-state index contributed by atoms with van der Waals surface area (Å²) in [4.78, 5) is 27.2. The summed E-state index contributed by atoms with van der Waals surface area (Å²) < 4.78 is 5.59. The summed E-state index contributed by atoms with van der Waals surface area (Å²) in [7, 11) is 0. The van der Waals surface area contributed by atoms with Crippen molar-refractivity contribution >= 4 is 28.2 Å². The SMILES string of the molecule is CCN(CC)C(=O)c1sc(NC(=O)COc2ccc(C)cc2C)c(C#N)c1C. The Morgan fingerprint density at radius 1 is 1.21 bits per heavy atom. The number of amides is 2. The highest BCUT2D eigenvalue weighted by atomic mass is 32.1. The van der Waals surface area contributed by atoms with E-state index < -0.39 is 0 Å². The average molecular weight is 400 g/mol. The molecule has 0 bridgehead atoms. The Labute approximate surface area is 169 Å². The van der Waals surface area contributed by atoms with Crippen molar-refractivity contribution in [3.05, 3.63) is 45.3 Å². The van der Waals surface area contributed by atoms with E-state index in [1.54, 1.807) is 11.8 Å². The first-order valence-electron chi connectivity index (χ1n) is 9.14. The number of nitrogens with zero attached hydrogens (tertiary/aromatic N) is 2. The summed E-state index contributed by atoms with van der Waals surface area (Å²) >= 11 is 1.13. The number of carbonyl (C=O) groups excluding carboxylic acids is 2. The maximum Gasteiger partial charge on any atom is 0.264 e. The standard InChI is InChI=1S/C21H25N3O3S/c1-6-24(7-2)21(26)19-15(5)16(11-22)20(28-19)23-18(25)12-27-17-9-8-13(3)10-14(17)4/h8-10H,6-7,12H2,1-5H3,(H,23,25). The quantitative estimate of drug-likeness (QED) is 0.762. The van der Waals surface area contributed by atoms with Crippen LogP contribution in [0.2, 0.25) is 0 Å². The van der Waals surface area contributed by atoms with Crippen molar-refractivity contribution in [1.82, 2.24) is 4.90 Å². The van der Waals surface area contributed by atoms with Crippen LogP contribution in [-0.2, 0) is 4.79 Å². The van der Waals surface area contributed by atoms with Crippen LogP contribution in [0, 0.1) is 32.1 Å². The van der Waals surface area contributed by atoms with Gasteiger partial charge in [-0.2, -0.15) is 5.26 Å². The molecule has 0 atom stereocenters. The first-order chi connectivity index (χ1) is 13.3. The van der Waals surface area contributed by atoms with E-state index in [0.717, 1.165) is 22.5 Å². The lowest BCUT2D eigenvalue weighted by Crippen LogP contribution is -2.30. The number of nitrogens with one attached hydrogen (secondary N) is 1. The fourth-order valence-corrected chi connectivity index (χ4v) is 4.00. The zero-order valence-electron chi connectivity index (χ0n) is 16.9. The maximum atomic E-state index is 12.7. The zero-order valence-corrected chi connectivity index (χ0v) is 17.7. The first-order valence-corrected chi connectivity index (χ1v) is 9.96. The minimum Gasteiger partial charge on any atom is -0.483 e. The molecule has 0 radical (unpaired) electrons. The van der Waals surface area contributed by atoms with Crippen molar-refractivity contribution in [2.45, 2.75) is 34.6 Å². The molecule has 148 valence electrons. The van der Waals surface area contributed by atoms with Gasteiger partial charge in [0.2, 0.25) is 0 Å². The van der Waals surface area contributed by atoms with Crippen LogP contribution in [0.25, 0.3) is 0 Å². The van der Waals surface area contributed by atoms with Crippen LogP contribution in [0.1, 0.15) is 45.8 Å². The Kier molecular flexibility index (Phi) is 7.18. The van der Waals surface area contributed by atoms with Gasteiger partial charge in [0.15, 0.2) is 6.61 Å². The summed E-state index contributed by atoms with van der Waals surface area (Å²) in [6.45, 7) is 10.4. The second kappa shape index (κ2) is 9.38. The molecule has 1 heterocycles. The number of ether oxygens (including phenoxy) is 1. The Morgan fingerprint density at radius 3 is 2.46 bits per heavy atom. The van der Waals surface area contributed by atoms with Gasteiger partial charge in [-0.3, -0.25) is 9.59 Å². The Balaban J connectivity index is 2.14. The van der Waals surface area contributed by atoms with Crippen molar-refractivity contribution in [1.29, 1.82) is 5.26 Å². The number of nitriles is 1. The Hall–Kier alpha value is -2.85. The number of hydrogen-bond donors (Lipinski definition) is 1. The van der Waals surface area contributed by atoms with Gasteiger partial charge in [-0.25, -0.2) is 0 Å². The third kappa shape index (κ3) is 4.70. The average Bonchev–Trinajstić information content (AvgIpc) is 2.97. The lowest BCUT2D eigenvalue weighted by Gasteiger charge is -2.17. The van der Waals surface area contributed by atoms with Crippen LogP contribution in [0.15, 0.2) is 18.2 Å². The fourth-order valence-electron chi connectivity index (χ4n) is 2.86. The topological polar surface area (TPSA) is 82.4 Å². The molecule has 7 heteroatoms. The molecule has 28 heavy (non-hydrogen) atoms. The van der Waals surface area contributed by atoms with Gasteiger partial charge in [0.1, 0.15) is 16.8 Å². The van der Waals surface area contributed by atoms with E-state index in [1.165, 1.54) is 0 Å². The van der Waals surface area contributed by atoms with Gasteiger partial charge >= 0.3 is 0 Å². The number of benzene rings is 1. The van der Waals surface area contributed by atoms with Crippen LogP contribution in [0.5, 0.6) is 5.75 Å². The van der Waals surface area contributed by atoms with Crippen LogP contribution in [0.4, 0.5) is 5.00 Å². The van der Waals surface area contributed by atoms with Crippen LogP contribution >= 0.6 is 11.3 Å². The molecule has 2 amide bonds. The van der Waals surface area contributed by atoms with Gasteiger partial charge in [-0.15, -0.1) is 11.3 Å². The van der Waals surface area contributed by atoms with Gasteiger partial charge in [0, 0.05) is 13.1 Å². The molecule has 2 rings (SSSR count). The largest absolute Gasteiger partial charge is 0.483 e. The van der Waals surface area contributed by atoms with E-state index in [4.69, 9.17) is 4.74 Å². The number of hydrogen-bond acceptors (Lipinski definition) is 5. The monoisotopic (exact) mass is 399 g/mol. The van der Waals surface area contributed by atoms with E-state index in [1.807, 2.05) is 45.9 Å². The van der Waals surface area contributed by atoms with Crippen molar-refractivity contribution in [3.63, 3.8) is 0 Å². The van der Waals surface area contributed by atoms with E-state index >= 15 is 0 Å². The van der Waals surface area contributed by atoms with Crippen molar-refractivity contribution < 1.29 is 14.3 Å². The van der Waals surface area contributed by atoms with E-state index in [2.05, 4.69) is 11.4 Å². The Morgan fingerprint density at radius 2 is 1.89 bits per heavy atom. The molecule has 0 unspecified atom stereocenters. The minimum absolute atomic E-state index is 0.129. The Bertz CT molecular complexity index is 924. The third-order valence-electron chi connectivity index (χ3n) is 4.45. The van der Waals surface area contributed by atoms with Crippen LogP contribution in [-0.4, -0.2) is 36.4 Å². The van der Waals surface area contributed by atoms with E-state index in [-0.39, 0.29) is 18.4 Å². The number of thiophene rings is 1. The molecule has 0 saturated carbocycles. The molecule has 0 fully saturated rings. The smallest absolute Gasteiger partial charge is 0.264 e. The molecule has 0 saturated heterocycles. The fraction of sp³-hybridized carbons (Fsp3) is 0.381. The molecular formula is C21H25N3O3S. The molecule has 6 nitrogen and oxygen atoms in total. The van der Waals surface area contributed by atoms with Crippen molar-refractivity contribution in [2.24, 2.45) is 0 Å². The van der Waals surface area contributed by atoms with Crippen LogP contribution < -0.4 is 10.1 Å². The van der Waals surface area contributed by atoms with Crippen LogP contribution in [0.3, 0.4) is 0 Å². The summed E-state index contributed by atoms with van der Waals surface area (Å²) in [5.74, 6) is 0.136. The number of carbonyl (C=O) groups is 2. The van der Waals surface area contributed by atoms with Gasteiger partial charge in [0.05, 0.1) is 10.4 Å². The molecule has 0 aliphatic carbocycles. The number of anilines is 1. The second-order valence-electron chi connectivity index (χ2n) is 6.46. The molecule has 0 spiro atoms.